The lowest BCUT2D eigenvalue weighted by molar-refractivity contribution is 0.227. The molecule has 2 rings (SSSR count). The fourth-order valence-corrected chi connectivity index (χ4v) is 3.99. The molecule has 0 aromatic rings. The van der Waals surface area contributed by atoms with Gasteiger partial charge in [-0.15, -0.1) is 0 Å². The molecule has 0 aromatic heterocycles. The standard InChI is InChI=1S/C11H23N3O2S/c1-13(2)17(15,16)14-8-5-10(6-9-14)11-4-3-7-12-11/h10-12H,3-9H2,1-2H3. The molecule has 0 spiro atoms. The molecule has 1 unspecified atom stereocenters. The number of hydrogen-bond donors (Lipinski definition) is 1. The van der Waals surface area contributed by atoms with Crippen LogP contribution in [-0.4, -0.2) is 56.8 Å². The van der Waals surface area contributed by atoms with E-state index in [0.717, 1.165) is 19.4 Å². The van der Waals surface area contributed by atoms with E-state index < -0.39 is 10.2 Å². The maximum atomic E-state index is 11.9. The molecule has 1 N–H and O–H groups in total. The molecule has 6 heteroatoms. The SMILES string of the molecule is CN(C)S(=O)(=O)N1CCC(C2CCCN2)CC1. The molecule has 0 aliphatic carbocycles. The molecule has 0 aromatic carbocycles. The molecule has 2 fully saturated rings. The average Bonchev–Trinajstić information content (AvgIpc) is 2.82. The van der Waals surface area contributed by atoms with Crippen molar-refractivity contribution in [3.05, 3.63) is 0 Å². The van der Waals surface area contributed by atoms with Crippen molar-refractivity contribution in [2.45, 2.75) is 31.7 Å². The maximum Gasteiger partial charge on any atom is 0.281 e. The molecule has 5 nitrogen and oxygen atoms in total. The quantitative estimate of drug-likeness (QED) is 0.793. The van der Waals surface area contributed by atoms with Crippen molar-refractivity contribution in [2.75, 3.05) is 33.7 Å². The molecule has 0 amide bonds. The van der Waals surface area contributed by atoms with Crippen LogP contribution in [0.25, 0.3) is 0 Å². The molecule has 17 heavy (non-hydrogen) atoms. The summed E-state index contributed by atoms with van der Waals surface area (Å²) in [5, 5.41) is 3.52. The number of nitrogens with zero attached hydrogens (tertiary/aromatic N) is 2. The second-order valence-electron chi connectivity index (χ2n) is 5.23. The van der Waals surface area contributed by atoms with Crippen molar-refractivity contribution >= 4 is 10.2 Å². The van der Waals surface area contributed by atoms with E-state index in [4.69, 9.17) is 0 Å². The van der Waals surface area contributed by atoms with E-state index in [9.17, 15) is 8.42 Å². The average molecular weight is 261 g/mol. The zero-order valence-corrected chi connectivity index (χ0v) is 11.5. The molecule has 2 heterocycles. The number of rotatable bonds is 3. The largest absolute Gasteiger partial charge is 0.314 e. The first-order chi connectivity index (χ1) is 8.01. The Morgan fingerprint density at radius 2 is 1.82 bits per heavy atom. The Bertz CT molecular complexity index is 342. The van der Waals surface area contributed by atoms with E-state index in [1.807, 2.05) is 0 Å². The molecule has 100 valence electrons. The van der Waals surface area contributed by atoms with Gasteiger partial charge in [-0.3, -0.25) is 0 Å². The highest BCUT2D eigenvalue weighted by Gasteiger charge is 2.33. The van der Waals surface area contributed by atoms with Crippen LogP contribution in [0.4, 0.5) is 0 Å². The molecular formula is C11H23N3O2S. The summed E-state index contributed by atoms with van der Waals surface area (Å²) in [6.45, 7) is 2.47. The second kappa shape index (κ2) is 5.22. The lowest BCUT2D eigenvalue weighted by Gasteiger charge is -2.35. The van der Waals surface area contributed by atoms with Crippen LogP contribution in [-0.2, 0) is 10.2 Å². The molecule has 2 aliphatic heterocycles. The minimum atomic E-state index is -3.20. The highest BCUT2D eigenvalue weighted by Crippen LogP contribution is 2.27. The van der Waals surface area contributed by atoms with Crippen LogP contribution < -0.4 is 5.32 Å². The van der Waals surface area contributed by atoms with Crippen LogP contribution in [0.2, 0.25) is 0 Å². The first-order valence-electron chi connectivity index (χ1n) is 6.43. The summed E-state index contributed by atoms with van der Waals surface area (Å²) in [7, 11) is -0.00630. The number of piperidine rings is 1. The summed E-state index contributed by atoms with van der Waals surface area (Å²) in [5.41, 5.74) is 0. The van der Waals surface area contributed by atoms with Gasteiger partial charge in [-0.1, -0.05) is 0 Å². The predicted molar refractivity (Wildman–Crippen MR) is 67.9 cm³/mol. The third kappa shape index (κ3) is 2.81. The van der Waals surface area contributed by atoms with E-state index in [2.05, 4.69) is 5.32 Å². The minimum Gasteiger partial charge on any atom is -0.314 e. The van der Waals surface area contributed by atoms with Crippen LogP contribution >= 0.6 is 0 Å². The summed E-state index contributed by atoms with van der Waals surface area (Å²) >= 11 is 0. The fraction of sp³-hybridized carbons (Fsp3) is 1.00. The predicted octanol–water partition coefficient (Wildman–Crippen LogP) is 0.257. The van der Waals surface area contributed by atoms with Crippen molar-refractivity contribution in [2.24, 2.45) is 5.92 Å². The molecule has 0 radical (unpaired) electrons. The van der Waals surface area contributed by atoms with Crippen molar-refractivity contribution in [1.82, 2.24) is 13.9 Å². The van der Waals surface area contributed by atoms with Crippen LogP contribution in [0, 0.1) is 5.92 Å². The van der Waals surface area contributed by atoms with Crippen molar-refractivity contribution in [3.63, 3.8) is 0 Å². The van der Waals surface area contributed by atoms with E-state index in [1.165, 1.54) is 17.1 Å². The smallest absolute Gasteiger partial charge is 0.281 e. The van der Waals surface area contributed by atoms with Crippen LogP contribution in [0.3, 0.4) is 0 Å². The normalized spacial score (nSPS) is 29.0. The third-order valence-electron chi connectivity index (χ3n) is 3.95. The molecular weight excluding hydrogens is 238 g/mol. The molecule has 2 saturated heterocycles. The summed E-state index contributed by atoms with van der Waals surface area (Å²) in [6, 6.07) is 0.624. The fourth-order valence-electron chi connectivity index (χ4n) is 2.85. The van der Waals surface area contributed by atoms with Gasteiger partial charge in [-0.2, -0.15) is 17.0 Å². The second-order valence-corrected chi connectivity index (χ2v) is 7.37. The van der Waals surface area contributed by atoms with Crippen LogP contribution in [0.15, 0.2) is 0 Å². The van der Waals surface area contributed by atoms with Gasteiger partial charge >= 0.3 is 0 Å². The van der Waals surface area contributed by atoms with Gasteiger partial charge in [0.2, 0.25) is 0 Å². The van der Waals surface area contributed by atoms with Gasteiger partial charge in [0, 0.05) is 33.2 Å². The number of nitrogens with one attached hydrogen (secondary N) is 1. The van der Waals surface area contributed by atoms with Crippen molar-refractivity contribution in [3.8, 4) is 0 Å². The summed E-state index contributed by atoms with van der Waals surface area (Å²) in [6.07, 6.45) is 4.50. The van der Waals surface area contributed by atoms with Crippen molar-refractivity contribution < 1.29 is 8.42 Å². The highest BCUT2D eigenvalue weighted by molar-refractivity contribution is 7.86. The van der Waals surface area contributed by atoms with Gasteiger partial charge in [0.05, 0.1) is 0 Å². The van der Waals surface area contributed by atoms with Gasteiger partial charge in [0.1, 0.15) is 0 Å². The van der Waals surface area contributed by atoms with Gasteiger partial charge in [0.15, 0.2) is 0 Å². The first kappa shape index (κ1) is 13.3. The number of hydrogen-bond acceptors (Lipinski definition) is 3. The Balaban J connectivity index is 1.89. The minimum absolute atomic E-state index is 0.624. The van der Waals surface area contributed by atoms with E-state index in [1.54, 1.807) is 18.4 Å². The molecule has 0 saturated carbocycles. The van der Waals surface area contributed by atoms with Crippen molar-refractivity contribution in [1.29, 1.82) is 0 Å². The summed E-state index contributed by atoms with van der Waals surface area (Å²) in [4.78, 5) is 0. The Hall–Kier alpha value is -0.170. The Morgan fingerprint density at radius 3 is 2.29 bits per heavy atom. The van der Waals surface area contributed by atoms with Gasteiger partial charge in [-0.25, -0.2) is 0 Å². The third-order valence-corrected chi connectivity index (χ3v) is 5.89. The highest BCUT2D eigenvalue weighted by atomic mass is 32.2. The molecule has 2 aliphatic rings. The topological polar surface area (TPSA) is 52.7 Å². The molecule has 0 bridgehead atoms. The Labute approximate surface area is 104 Å². The van der Waals surface area contributed by atoms with Gasteiger partial charge < -0.3 is 5.32 Å². The summed E-state index contributed by atoms with van der Waals surface area (Å²) < 4.78 is 26.8. The lowest BCUT2D eigenvalue weighted by atomic mass is 9.89. The van der Waals surface area contributed by atoms with E-state index >= 15 is 0 Å². The van der Waals surface area contributed by atoms with Gasteiger partial charge in [0.25, 0.3) is 10.2 Å². The zero-order chi connectivity index (χ0) is 12.5. The first-order valence-corrected chi connectivity index (χ1v) is 7.82. The Morgan fingerprint density at radius 1 is 1.18 bits per heavy atom. The monoisotopic (exact) mass is 261 g/mol. The lowest BCUT2D eigenvalue weighted by Crippen LogP contribution is -2.47. The summed E-state index contributed by atoms with van der Waals surface area (Å²) in [5.74, 6) is 0.658. The van der Waals surface area contributed by atoms with Crippen LogP contribution in [0.5, 0.6) is 0 Å². The maximum absolute atomic E-state index is 11.9. The van der Waals surface area contributed by atoms with E-state index in [-0.39, 0.29) is 0 Å². The van der Waals surface area contributed by atoms with Gasteiger partial charge in [-0.05, 0) is 38.1 Å². The Kier molecular flexibility index (Phi) is 4.07. The van der Waals surface area contributed by atoms with Crippen LogP contribution in [0.1, 0.15) is 25.7 Å². The zero-order valence-electron chi connectivity index (χ0n) is 10.7. The molecule has 1 atom stereocenters. The van der Waals surface area contributed by atoms with E-state index in [0.29, 0.717) is 25.0 Å².